The molecule has 0 aliphatic carbocycles. The Labute approximate surface area is 156 Å². The van der Waals surface area contributed by atoms with Crippen molar-refractivity contribution in [3.63, 3.8) is 0 Å². The second kappa shape index (κ2) is 7.65. The van der Waals surface area contributed by atoms with E-state index in [4.69, 9.17) is 4.74 Å². The molecule has 0 unspecified atom stereocenters. The van der Waals surface area contributed by atoms with Gasteiger partial charge in [0.25, 0.3) is 0 Å². The number of aromatic nitrogens is 5. The third kappa shape index (κ3) is 3.62. The van der Waals surface area contributed by atoms with Gasteiger partial charge in [0.1, 0.15) is 24.2 Å². The molecule has 0 amide bonds. The van der Waals surface area contributed by atoms with Crippen LogP contribution in [0, 0.1) is 0 Å². The van der Waals surface area contributed by atoms with Gasteiger partial charge in [-0.1, -0.05) is 30.3 Å². The number of hydrogen-bond donors (Lipinski definition) is 1. The van der Waals surface area contributed by atoms with E-state index in [0.29, 0.717) is 12.4 Å². The first-order valence-corrected chi connectivity index (χ1v) is 8.49. The summed E-state index contributed by atoms with van der Waals surface area (Å²) in [5.41, 5.74) is 3.73. The number of para-hydroxylation sites is 2. The maximum Gasteiger partial charge on any atom is 0.148 e. The largest absolute Gasteiger partial charge is 0.496 e. The van der Waals surface area contributed by atoms with Gasteiger partial charge in [0.05, 0.1) is 18.5 Å². The molecular weight excluding hydrogens is 340 g/mol. The molecule has 2 heterocycles. The minimum atomic E-state index is 0.596. The maximum atomic E-state index is 5.39. The molecule has 0 fully saturated rings. The zero-order chi connectivity index (χ0) is 18.5. The van der Waals surface area contributed by atoms with Crippen molar-refractivity contribution in [2.45, 2.75) is 6.54 Å². The number of hydrogen-bond acceptors (Lipinski definition) is 6. The molecule has 4 aromatic rings. The van der Waals surface area contributed by atoms with Gasteiger partial charge >= 0.3 is 0 Å². The number of anilines is 1. The summed E-state index contributed by atoms with van der Waals surface area (Å²) < 4.78 is 7.13. The maximum absolute atomic E-state index is 5.39. The molecule has 0 radical (unpaired) electrons. The summed E-state index contributed by atoms with van der Waals surface area (Å²) in [7, 11) is 1.65. The van der Waals surface area contributed by atoms with Gasteiger partial charge in [-0.2, -0.15) is 5.10 Å². The second-order valence-electron chi connectivity index (χ2n) is 5.83. The van der Waals surface area contributed by atoms with Gasteiger partial charge in [-0.25, -0.2) is 9.67 Å². The summed E-state index contributed by atoms with van der Waals surface area (Å²) >= 11 is 0. The van der Waals surface area contributed by atoms with Crippen LogP contribution in [0.25, 0.3) is 16.9 Å². The summed E-state index contributed by atoms with van der Waals surface area (Å²) in [4.78, 5) is 4.01. The Bertz CT molecular complexity index is 1010. The highest BCUT2D eigenvalue weighted by Gasteiger charge is 2.08. The van der Waals surface area contributed by atoms with Crippen LogP contribution in [0.3, 0.4) is 0 Å². The fourth-order valence-electron chi connectivity index (χ4n) is 2.83. The van der Waals surface area contributed by atoms with Crippen LogP contribution in [0.1, 0.15) is 5.56 Å². The molecule has 0 aliphatic heterocycles. The van der Waals surface area contributed by atoms with Crippen molar-refractivity contribution >= 4 is 5.82 Å². The van der Waals surface area contributed by atoms with E-state index in [1.54, 1.807) is 18.1 Å². The molecule has 0 spiro atoms. The predicted octanol–water partition coefficient (Wildman–Crippen LogP) is 3.35. The summed E-state index contributed by atoms with van der Waals surface area (Å²) in [5, 5.41) is 16.1. The van der Waals surface area contributed by atoms with Crippen LogP contribution in [0.2, 0.25) is 0 Å². The third-order valence-electron chi connectivity index (χ3n) is 4.16. The van der Waals surface area contributed by atoms with Gasteiger partial charge < -0.3 is 10.1 Å². The lowest BCUT2D eigenvalue weighted by Gasteiger charge is -2.11. The highest BCUT2D eigenvalue weighted by Crippen LogP contribution is 2.27. The van der Waals surface area contributed by atoms with Crippen LogP contribution in [-0.4, -0.2) is 32.1 Å². The van der Waals surface area contributed by atoms with Crippen LogP contribution in [-0.2, 0) is 6.54 Å². The van der Waals surface area contributed by atoms with Gasteiger partial charge in [0, 0.05) is 12.1 Å². The first-order valence-electron chi connectivity index (χ1n) is 8.49. The Morgan fingerprint density at radius 3 is 2.59 bits per heavy atom. The first kappa shape index (κ1) is 16.7. The third-order valence-corrected chi connectivity index (χ3v) is 4.16. The van der Waals surface area contributed by atoms with Crippen molar-refractivity contribution in [3.8, 4) is 22.7 Å². The first-order chi connectivity index (χ1) is 13.3. The van der Waals surface area contributed by atoms with Crippen molar-refractivity contribution in [1.29, 1.82) is 0 Å². The number of benzene rings is 2. The molecule has 7 heteroatoms. The van der Waals surface area contributed by atoms with E-state index in [2.05, 4.69) is 25.6 Å². The van der Waals surface area contributed by atoms with Crippen molar-refractivity contribution in [3.05, 3.63) is 78.9 Å². The molecule has 0 aliphatic rings. The molecule has 0 atom stereocenters. The molecule has 134 valence electrons. The average Bonchev–Trinajstić information content (AvgIpc) is 3.27. The Morgan fingerprint density at radius 2 is 1.81 bits per heavy atom. The minimum absolute atomic E-state index is 0.596. The van der Waals surface area contributed by atoms with Crippen LogP contribution < -0.4 is 10.1 Å². The van der Waals surface area contributed by atoms with Crippen molar-refractivity contribution in [2.24, 2.45) is 0 Å². The second-order valence-corrected chi connectivity index (χ2v) is 5.83. The zero-order valence-electron chi connectivity index (χ0n) is 14.8. The summed E-state index contributed by atoms with van der Waals surface area (Å²) in [6.45, 7) is 0.596. The summed E-state index contributed by atoms with van der Waals surface area (Å²) in [6.07, 6.45) is 3.20. The van der Waals surface area contributed by atoms with Crippen LogP contribution in [0.4, 0.5) is 5.82 Å². The lowest BCUT2D eigenvalue weighted by atomic mass is 10.1. The molecule has 0 bridgehead atoms. The minimum Gasteiger partial charge on any atom is -0.496 e. The molecule has 27 heavy (non-hydrogen) atoms. The monoisotopic (exact) mass is 358 g/mol. The molecule has 0 saturated carbocycles. The zero-order valence-corrected chi connectivity index (χ0v) is 14.8. The standard InChI is InChI=1S/C20H18N6O/c1-27-19-9-5-3-7-16(19)17-10-11-20(25-24-17)22-12-15-6-2-4-8-18(15)26-14-21-13-23-26/h2-11,13-14H,12H2,1H3,(H,22,25). The van der Waals surface area contributed by atoms with E-state index >= 15 is 0 Å². The van der Waals surface area contributed by atoms with Crippen LogP contribution in [0.15, 0.2) is 73.3 Å². The number of nitrogens with one attached hydrogen (secondary N) is 1. The van der Waals surface area contributed by atoms with Crippen molar-refractivity contribution < 1.29 is 4.74 Å². The number of methoxy groups -OCH3 is 1. The molecule has 2 aromatic heterocycles. The SMILES string of the molecule is COc1ccccc1-c1ccc(NCc2ccccc2-n2cncn2)nn1. The summed E-state index contributed by atoms with van der Waals surface area (Å²) in [5.74, 6) is 1.47. The molecule has 0 saturated heterocycles. The van der Waals surface area contributed by atoms with Gasteiger partial charge in [-0.05, 0) is 35.9 Å². The Hall–Kier alpha value is -3.74. The van der Waals surface area contributed by atoms with Gasteiger partial charge in [0.15, 0.2) is 0 Å². The van der Waals surface area contributed by atoms with E-state index in [0.717, 1.165) is 28.3 Å². The fraction of sp³-hybridized carbons (Fsp3) is 0.100. The van der Waals surface area contributed by atoms with Crippen molar-refractivity contribution in [1.82, 2.24) is 25.0 Å². The van der Waals surface area contributed by atoms with Gasteiger partial charge in [-0.15, -0.1) is 10.2 Å². The van der Waals surface area contributed by atoms with E-state index in [1.807, 2.05) is 60.7 Å². The Kier molecular flexibility index (Phi) is 4.74. The molecule has 4 rings (SSSR count). The number of ether oxygens (including phenoxy) is 1. The van der Waals surface area contributed by atoms with E-state index < -0.39 is 0 Å². The van der Waals surface area contributed by atoms with Crippen molar-refractivity contribution in [2.75, 3.05) is 12.4 Å². The number of nitrogens with zero attached hydrogens (tertiary/aromatic N) is 5. The van der Waals surface area contributed by atoms with Crippen LogP contribution in [0.5, 0.6) is 5.75 Å². The van der Waals surface area contributed by atoms with E-state index in [9.17, 15) is 0 Å². The highest BCUT2D eigenvalue weighted by atomic mass is 16.5. The van der Waals surface area contributed by atoms with Gasteiger partial charge in [0.2, 0.25) is 0 Å². The normalized spacial score (nSPS) is 10.6. The lowest BCUT2D eigenvalue weighted by Crippen LogP contribution is -2.07. The molecule has 2 aromatic carbocycles. The fourth-order valence-corrected chi connectivity index (χ4v) is 2.83. The summed E-state index contributed by atoms with van der Waals surface area (Å²) in [6, 6.07) is 19.6. The Balaban J connectivity index is 1.51. The van der Waals surface area contributed by atoms with Crippen LogP contribution >= 0.6 is 0 Å². The van der Waals surface area contributed by atoms with E-state index in [1.165, 1.54) is 6.33 Å². The molecule has 1 N–H and O–H groups in total. The lowest BCUT2D eigenvalue weighted by molar-refractivity contribution is 0.416. The topological polar surface area (TPSA) is 77.8 Å². The molecule has 7 nitrogen and oxygen atoms in total. The smallest absolute Gasteiger partial charge is 0.148 e. The number of rotatable bonds is 6. The van der Waals surface area contributed by atoms with Gasteiger partial charge in [-0.3, -0.25) is 0 Å². The quantitative estimate of drug-likeness (QED) is 0.569. The molecular formula is C20H18N6O. The van der Waals surface area contributed by atoms with E-state index in [-0.39, 0.29) is 0 Å². The Morgan fingerprint density at radius 1 is 0.963 bits per heavy atom. The highest BCUT2D eigenvalue weighted by molar-refractivity contribution is 5.67. The predicted molar refractivity (Wildman–Crippen MR) is 103 cm³/mol. The average molecular weight is 358 g/mol.